The molecule has 2 N–H and O–H groups in total. The third kappa shape index (κ3) is 5.40. The van der Waals surface area contributed by atoms with E-state index in [-0.39, 0.29) is 11.9 Å². The number of hydrogen-bond acceptors (Lipinski definition) is 4. The number of ether oxygens (including phenoxy) is 1. The molecule has 1 aromatic carbocycles. The minimum absolute atomic E-state index is 0.0647. The fourth-order valence-corrected chi connectivity index (χ4v) is 2.90. The predicted octanol–water partition coefficient (Wildman–Crippen LogP) is 1.00. The molecule has 1 aliphatic heterocycles. The quantitative estimate of drug-likeness (QED) is 0.704. The van der Waals surface area contributed by atoms with Gasteiger partial charge in [-0.2, -0.15) is 0 Å². The van der Waals surface area contributed by atoms with Crippen molar-refractivity contribution in [1.82, 2.24) is 15.5 Å². The van der Waals surface area contributed by atoms with Crippen molar-refractivity contribution in [3.8, 4) is 0 Å². The molecule has 1 aliphatic rings. The van der Waals surface area contributed by atoms with E-state index in [1.807, 2.05) is 6.07 Å². The van der Waals surface area contributed by atoms with Gasteiger partial charge in [-0.05, 0) is 18.9 Å². The minimum atomic E-state index is 0.0647. The third-order valence-corrected chi connectivity index (χ3v) is 4.07. The number of amides is 1. The maximum atomic E-state index is 11.9. The molecule has 122 valence electrons. The van der Waals surface area contributed by atoms with Crippen LogP contribution >= 0.6 is 0 Å². The molecule has 1 fully saturated rings. The Morgan fingerprint density at radius 3 is 2.86 bits per heavy atom. The SMILES string of the molecule is COCCNCC(=O)NC1CC(C)N(Cc2ccccc2)C1. The summed E-state index contributed by atoms with van der Waals surface area (Å²) >= 11 is 0. The normalized spacial score (nSPS) is 21.9. The van der Waals surface area contributed by atoms with Gasteiger partial charge < -0.3 is 15.4 Å². The lowest BCUT2D eigenvalue weighted by Gasteiger charge is -2.20. The summed E-state index contributed by atoms with van der Waals surface area (Å²) < 4.78 is 4.94. The summed E-state index contributed by atoms with van der Waals surface area (Å²) in [6.45, 7) is 5.77. The first-order chi connectivity index (χ1) is 10.7. The molecule has 0 aliphatic carbocycles. The smallest absolute Gasteiger partial charge is 0.234 e. The second-order valence-electron chi connectivity index (χ2n) is 5.93. The molecule has 1 amide bonds. The van der Waals surface area contributed by atoms with Crippen LogP contribution in [0.2, 0.25) is 0 Å². The Morgan fingerprint density at radius 1 is 1.36 bits per heavy atom. The molecule has 1 saturated heterocycles. The van der Waals surface area contributed by atoms with Crippen molar-refractivity contribution in [3.63, 3.8) is 0 Å². The lowest BCUT2D eigenvalue weighted by molar-refractivity contribution is -0.120. The van der Waals surface area contributed by atoms with Gasteiger partial charge in [0.15, 0.2) is 0 Å². The van der Waals surface area contributed by atoms with Crippen molar-refractivity contribution in [3.05, 3.63) is 35.9 Å². The molecule has 5 nitrogen and oxygen atoms in total. The first-order valence-corrected chi connectivity index (χ1v) is 7.96. The van der Waals surface area contributed by atoms with E-state index in [2.05, 4.69) is 46.7 Å². The van der Waals surface area contributed by atoms with E-state index in [9.17, 15) is 4.79 Å². The topological polar surface area (TPSA) is 53.6 Å². The lowest BCUT2D eigenvalue weighted by atomic mass is 10.2. The van der Waals surface area contributed by atoms with Crippen molar-refractivity contribution >= 4 is 5.91 Å². The molecule has 0 bridgehead atoms. The zero-order valence-electron chi connectivity index (χ0n) is 13.5. The predicted molar refractivity (Wildman–Crippen MR) is 87.6 cm³/mol. The number of nitrogens with one attached hydrogen (secondary N) is 2. The van der Waals surface area contributed by atoms with Gasteiger partial charge in [0.05, 0.1) is 13.2 Å². The molecule has 5 heteroatoms. The van der Waals surface area contributed by atoms with Crippen LogP contribution in [0.15, 0.2) is 30.3 Å². The molecule has 2 atom stereocenters. The number of rotatable bonds is 8. The highest BCUT2D eigenvalue weighted by Crippen LogP contribution is 2.20. The van der Waals surface area contributed by atoms with E-state index in [0.29, 0.717) is 25.7 Å². The zero-order valence-corrected chi connectivity index (χ0v) is 13.5. The second kappa shape index (κ2) is 8.88. The highest BCUT2D eigenvalue weighted by molar-refractivity contribution is 5.78. The van der Waals surface area contributed by atoms with Crippen molar-refractivity contribution in [2.24, 2.45) is 0 Å². The number of nitrogens with zero attached hydrogens (tertiary/aromatic N) is 1. The monoisotopic (exact) mass is 305 g/mol. The summed E-state index contributed by atoms with van der Waals surface area (Å²) in [4.78, 5) is 14.3. The van der Waals surface area contributed by atoms with Gasteiger partial charge in [0.2, 0.25) is 5.91 Å². The number of hydrogen-bond donors (Lipinski definition) is 2. The fraction of sp³-hybridized carbons (Fsp3) is 0.588. The van der Waals surface area contributed by atoms with E-state index in [1.54, 1.807) is 7.11 Å². The maximum Gasteiger partial charge on any atom is 0.234 e. The number of methoxy groups -OCH3 is 1. The average molecular weight is 305 g/mol. The van der Waals surface area contributed by atoms with Crippen molar-refractivity contribution in [2.75, 3.05) is 33.4 Å². The van der Waals surface area contributed by atoms with Crippen molar-refractivity contribution in [2.45, 2.75) is 32.0 Å². The molecule has 0 radical (unpaired) electrons. The van der Waals surface area contributed by atoms with Crippen LogP contribution in [0.25, 0.3) is 0 Å². The Bertz CT molecular complexity index is 452. The molecular formula is C17H27N3O2. The maximum absolute atomic E-state index is 11.9. The Kier molecular flexibility index (Phi) is 6.83. The van der Waals surface area contributed by atoms with Crippen LogP contribution in [0.5, 0.6) is 0 Å². The largest absolute Gasteiger partial charge is 0.383 e. The van der Waals surface area contributed by atoms with Crippen LogP contribution in [-0.4, -0.2) is 56.2 Å². The van der Waals surface area contributed by atoms with Gasteiger partial charge in [0.1, 0.15) is 0 Å². The molecule has 2 rings (SSSR count). The lowest BCUT2D eigenvalue weighted by Crippen LogP contribution is -2.42. The summed E-state index contributed by atoms with van der Waals surface area (Å²) in [6.07, 6.45) is 1.01. The van der Waals surface area contributed by atoms with Crippen LogP contribution in [0.3, 0.4) is 0 Å². The molecule has 0 aromatic heterocycles. The van der Waals surface area contributed by atoms with Crippen LogP contribution < -0.4 is 10.6 Å². The minimum Gasteiger partial charge on any atom is -0.383 e. The highest BCUT2D eigenvalue weighted by atomic mass is 16.5. The first-order valence-electron chi connectivity index (χ1n) is 7.96. The Labute approximate surface area is 133 Å². The number of carbonyl (C=O) groups is 1. The molecule has 1 heterocycles. The average Bonchev–Trinajstić information content (AvgIpc) is 2.84. The summed E-state index contributed by atoms with van der Waals surface area (Å²) in [5, 5.41) is 6.19. The standard InChI is InChI=1S/C17H27N3O2/c1-14-10-16(19-17(21)11-18-8-9-22-2)13-20(14)12-15-6-4-3-5-7-15/h3-7,14,16,18H,8-13H2,1-2H3,(H,19,21). The van der Waals surface area contributed by atoms with Gasteiger partial charge in [0, 0.05) is 38.8 Å². The third-order valence-electron chi connectivity index (χ3n) is 4.07. The van der Waals surface area contributed by atoms with E-state index in [4.69, 9.17) is 4.74 Å². The van der Waals surface area contributed by atoms with Crippen LogP contribution in [0.1, 0.15) is 18.9 Å². The van der Waals surface area contributed by atoms with Gasteiger partial charge >= 0.3 is 0 Å². The van der Waals surface area contributed by atoms with E-state index in [0.717, 1.165) is 19.5 Å². The van der Waals surface area contributed by atoms with Gasteiger partial charge in [-0.15, -0.1) is 0 Å². The van der Waals surface area contributed by atoms with Crippen LogP contribution in [0, 0.1) is 0 Å². The first kappa shape index (κ1) is 16.9. The molecule has 22 heavy (non-hydrogen) atoms. The number of likely N-dealkylation sites (tertiary alicyclic amines) is 1. The Hall–Kier alpha value is -1.43. The van der Waals surface area contributed by atoms with Crippen molar-refractivity contribution < 1.29 is 9.53 Å². The van der Waals surface area contributed by atoms with Crippen molar-refractivity contribution in [1.29, 1.82) is 0 Å². The second-order valence-corrected chi connectivity index (χ2v) is 5.93. The summed E-state index contributed by atoms with van der Waals surface area (Å²) in [5.74, 6) is 0.0647. The summed E-state index contributed by atoms with van der Waals surface area (Å²) in [5.41, 5.74) is 1.32. The van der Waals surface area contributed by atoms with Gasteiger partial charge in [-0.25, -0.2) is 0 Å². The van der Waals surface area contributed by atoms with E-state index >= 15 is 0 Å². The fourth-order valence-electron chi connectivity index (χ4n) is 2.90. The van der Waals surface area contributed by atoms with Gasteiger partial charge in [0.25, 0.3) is 0 Å². The van der Waals surface area contributed by atoms with E-state index in [1.165, 1.54) is 5.56 Å². The summed E-state index contributed by atoms with van der Waals surface area (Å²) in [6, 6.07) is 11.2. The Balaban J connectivity index is 1.72. The summed E-state index contributed by atoms with van der Waals surface area (Å²) in [7, 11) is 1.66. The molecule has 0 spiro atoms. The van der Waals surface area contributed by atoms with Crippen LogP contribution in [0.4, 0.5) is 0 Å². The van der Waals surface area contributed by atoms with Gasteiger partial charge in [-0.3, -0.25) is 9.69 Å². The molecule has 0 saturated carbocycles. The van der Waals surface area contributed by atoms with E-state index < -0.39 is 0 Å². The highest BCUT2D eigenvalue weighted by Gasteiger charge is 2.29. The molecule has 1 aromatic rings. The Morgan fingerprint density at radius 2 is 2.14 bits per heavy atom. The molecule has 2 unspecified atom stereocenters. The zero-order chi connectivity index (χ0) is 15.8. The number of benzene rings is 1. The van der Waals surface area contributed by atoms with Crippen LogP contribution in [-0.2, 0) is 16.1 Å². The number of carbonyl (C=O) groups excluding carboxylic acids is 1. The molecular weight excluding hydrogens is 278 g/mol. The van der Waals surface area contributed by atoms with Gasteiger partial charge in [-0.1, -0.05) is 30.3 Å².